The molecule has 2 aromatic heterocycles. The highest BCUT2D eigenvalue weighted by atomic mass is 79.9. The third kappa shape index (κ3) is 2.50. The van der Waals surface area contributed by atoms with E-state index in [4.69, 9.17) is 5.73 Å². The molecule has 0 aliphatic rings. The van der Waals surface area contributed by atoms with Crippen LogP contribution in [0.15, 0.2) is 34.1 Å². The van der Waals surface area contributed by atoms with Gasteiger partial charge in [0, 0.05) is 20.4 Å². The van der Waals surface area contributed by atoms with Gasteiger partial charge < -0.3 is 11.1 Å². The Labute approximate surface area is 121 Å². The van der Waals surface area contributed by atoms with E-state index in [-0.39, 0.29) is 0 Å². The van der Waals surface area contributed by atoms with Crippen LogP contribution in [0.5, 0.6) is 0 Å². The van der Waals surface area contributed by atoms with Crippen molar-refractivity contribution >= 4 is 59.6 Å². The number of nitrogens with two attached hydrogens (primary N) is 1. The van der Waals surface area contributed by atoms with E-state index in [0.29, 0.717) is 0 Å². The normalized spacial score (nSPS) is 10.9. The summed E-state index contributed by atoms with van der Waals surface area (Å²) in [6.45, 7) is 0.797. The minimum absolute atomic E-state index is 0.778. The molecule has 0 atom stereocenters. The maximum Gasteiger partial charge on any atom is 0.184 e. The predicted molar refractivity (Wildman–Crippen MR) is 83.4 cm³/mol. The molecule has 0 saturated heterocycles. The van der Waals surface area contributed by atoms with Gasteiger partial charge >= 0.3 is 0 Å². The van der Waals surface area contributed by atoms with Gasteiger partial charge in [0.05, 0.1) is 16.8 Å². The van der Waals surface area contributed by atoms with E-state index in [2.05, 4.69) is 37.7 Å². The SMILES string of the molecule is Nc1ccc2nc(NCc3cc(Br)cs3)sc2c1. The van der Waals surface area contributed by atoms with Crippen LogP contribution >= 0.6 is 38.6 Å². The molecule has 0 amide bonds. The molecule has 0 aliphatic carbocycles. The molecule has 0 spiro atoms. The van der Waals surface area contributed by atoms with E-state index in [1.165, 1.54) is 4.88 Å². The lowest BCUT2D eigenvalue weighted by molar-refractivity contribution is 1.18. The molecule has 0 fully saturated rings. The van der Waals surface area contributed by atoms with Gasteiger partial charge in [-0.1, -0.05) is 11.3 Å². The minimum atomic E-state index is 0.778. The van der Waals surface area contributed by atoms with Gasteiger partial charge in [-0.2, -0.15) is 0 Å². The third-order valence-electron chi connectivity index (χ3n) is 2.45. The molecule has 3 rings (SSSR count). The fourth-order valence-corrected chi connectivity index (χ4v) is 3.93. The maximum atomic E-state index is 5.76. The van der Waals surface area contributed by atoms with Crippen molar-refractivity contribution in [3.63, 3.8) is 0 Å². The van der Waals surface area contributed by atoms with Crippen molar-refractivity contribution in [1.29, 1.82) is 0 Å². The molecule has 2 heterocycles. The lowest BCUT2D eigenvalue weighted by Gasteiger charge is -1.98. The molecule has 1 aromatic carbocycles. The lowest BCUT2D eigenvalue weighted by atomic mass is 10.3. The summed E-state index contributed by atoms with van der Waals surface area (Å²) in [5.41, 5.74) is 7.52. The summed E-state index contributed by atoms with van der Waals surface area (Å²) in [4.78, 5) is 5.80. The van der Waals surface area contributed by atoms with Crippen LogP contribution in [0.2, 0.25) is 0 Å². The van der Waals surface area contributed by atoms with Crippen molar-refractivity contribution < 1.29 is 0 Å². The Kier molecular flexibility index (Phi) is 3.23. The van der Waals surface area contributed by atoms with Crippen LogP contribution in [-0.4, -0.2) is 4.98 Å². The van der Waals surface area contributed by atoms with Crippen LogP contribution in [0.1, 0.15) is 4.88 Å². The molecule has 0 bridgehead atoms. The number of anilines is 2. The van der Waals surface area contributed by atoms with E-state index >= 15 is 0 Å². The summed E-state index contributed by atoms with van der Waals surface area (Å²) in [5.74, 6) is 0. The van der Waals surface area contributed by atoms with Crippen LogP contribution in [0, 0.1) is 0 Å². The van der Waals surface area contributed by atoms with Crippen LogP contribution in [0.3, 0.4) is 0 Å². The predicted octanol–water partition coefficient (Wildman–Crippen LogP) is 4.31. The Morgan fingerprint density at radius 2 is 2.22 bits per heavy atom. The second-order valence-electron chi connectivity index (χ2n) is 3.83. The van der Waals surface area contributed by atoms with Crippen molar-refractivity contribution in [2.24, 2.45) is 0 Å². The van der Waals surface area contributed by atoms with Crippen LogP contribution in [0.25, 0.3) is 10.2 Å². The molecule has 6 heteroatoms. The number of hydrogen-bond donors (Lipinski definition) is 2. The number of thiazole rings is 1. The second kappa shape index (κ2) is 4.87. The van der Waals surface area contributed by atoms with Crippen molar-refractivity contribution in [3.8, 4) is 0 Å². The number of hydrogen-bond acceptors (Lipinski definition) is 5. The fraction of sp³-hybridized carbons (Fsp3) is 0.0833. The van der Waals surface area contributed by atoms with Gasteiger partial charge in [0.15, 0.2) is 5.13 Å². The Morgan fingerprint density at radius 3 is 3.00 bits per heavy atom. The molecule has 18 heavy (non-hydrogen) atoms. The number of nitrogens with one attached hydrogen (secondary N) is 1. The number of rotatable bonds is 3. The Bertz CT molecular complexity index is 690. The first-order valence-electron chi connectivity index (χ1n) is 5.33. The van der Waals surface area contributed by atoms with Gasteiger partial charge in [-0.3, -0.25) is 0 Å². The number of nitrogens with zero attached hydrogens (tertiary/aromatic N) is 1. The van der Waals surface area contributed by atoms with Crippen LogP contribution in [0.4, 0.5) is 10.8 Å². The summed E-state index contributed by atoms with van der Waals surface area (Å²) in [7, 11) is 0. The smallest absolute Gasteiger partial charge is 0.184 e. The van der Waals surface area contributed by atoms with Gasteiger partial charge in [-0.25, -0.2) is 4.98 Å². The molecule has 3 aromatic rings. The van der Waals surface area contributed by atoms with Crippen molar-refractivity contribution in [2.45, 2.75) is 6.54 Å². The van der Waals surface area contributed by atoms with Crippen molar-refractivity contribution in [1.82, 2.24) is 4.98 Å². The van der Waals surface area contributed by atoms with Gasteiger partial charge in [0.25, 0.3) is 0 Å². The molecule has 0 unspecified atom stereocenters. The molecule has 0 saturated carbocycles. The van der Waals surface area contributed by atoms with Gasteiger partial charge in [-0.05, 0) is 40.2 Å². The van der Waals surface area contributed by atoms with Crippen LogP contribution < -0.4 is 11.1 Å². The average molecular weight is 340 g/mol. The Hall–Kier alpha value is -1.11. The van der Waals surface area contributed by atoms with E-state index in [9.17, 15) is 0 Å². The molecule has 3 N–H and O–H groups in total. The number of thiophene rings is 1. The second-order valence-corrected chi connectivity index (χ2v) is 6.77. The zero-order chi connectivity index (χ0) is 12.5. The van der Waals surface area contributed by atoms with Crippen molar-refractivity contribution in [3.05, 3.63) is 39.0 Å². The van der Waals surface area contributed by atoms with Crippen molar-refractivity contribution in [2.75, 3.05) is 11.1 Å². The summed E-state index contributed by atoms with van der Waals surface area (Å²) >= 11 is 6.80. The first-order chi connectivity index (χ1) is 8.70. The molecule has 0 radical (unpaired) electrons. The number of halogens is 1. The summed E-state index contributed by atoms with van der Waals surface area (Å²) in [6.07, 6.45) is 0. The van der Waals surface area contributed by atoms with Crippen LogP contribution in [-0.2, 0) is 6.54 Å². The molecule has 3 nitrogen and oxygen atoms in total. The Morgan fingerprint density at radius 1 is 1.33 bits per heavy atom. The van der Waals surface area contributed by atoms with E-state index in [1.807, 2.05) is 18.2 Å². The highest BCUT2D eigenvalue weighted by Crippen LogP contribution is 2.28. The minimum Gasteiger partial charge on any atom is -0.399 e. The topological polar surface area (TPSA) is 50.9 Å². The zero-order valence-electron chi connectivity index (χ0n) is 9.31. The highest BCUT2D eigenvalue weighted by molar-refractivity contribution is 9.10. The standard InChI is InChI=1S/C12H10BrN3S2/c13-7-3-9(17-6-7)5-15-12-16-10-2-1-8(14)4-11(10)18-12/h1-4,6H,5,14H2,(H,15,16). The zero-order valence-corrected chi connectivity index (χ0v) is 12.5. The molecule has 0 aliphatic heterocycles. The first-order valence-corrected chi connectivity index (χ1v) is 7.82. The molecule has 92 valence electrons. The average Bonchev–Trinajstić information content (AvgIpc) is 2.92. The van der Waals surface area contributed by atoms with Gasteiger partial charge in [0.1, 0.15) is 0 Å². The van der Waals surface area contributed by atoms with E-state index in [0.717, 1.165) is 32.1 Å². The fourth-order valence-electron chi connectivity index (χ4n) is 1.63. The Balaban J connectivity index is 1.78. The highest BCUT2D eigenvalue weighted by Gasteiger charge is 2.04. The monoisotopic (exact) mass is 339 g/mol. The van der Waals surface area contributed by atoms with Gasteiger partial charge in [-0.15, -0.1) is 11.3 Å². The maximum absolute atomic E-state index is 5.76. The lowest BCUT2D eigenvalue weighted by Crippen LogP contribution is -1.95. The summed E-state index contributed by atoms with van der Waals surface area (Å²) < 4.78 is 2.24. The first kappa shape index (κ1) is 12.0. The number of aromatic nitrogens is 1. The number of nitrogen functional groups attached to an aromatic ring is 1. The van der Waals surface area contributed by atoms with E-state index in [1.54, 1.807) is 22.7 Å². The number of fused-ring (bicyclic) bond motifs is 1. The molecular formula is C12H10BrN3S2. The molecular weight excluding hydrogens is 330 g/mol. The largest absolute Gasteiger partial charge is 0.399 e. The summed E-state index contributed by atoms with van der Waals surface area (Å²) in [6, 6.07) is 7.90. The van der Waals surface area contributed by atoms with Gasteiger partial charge in [0.2, 0.25) is 0 Å². The number of benzene rings is 1. The third-order valence-corrected chi connectivity index (χ3v) is 5.12. The summed E-state index contributed by atoms with van der Waals surface area (Å²) in [5, 5.41) is 6.35. The van der Waals surface area contributed by atoms with E-state index < -0.39 is 0 Å². The quantitative estimate of drug-likeness (QED) is 0.699.